The second-order valence-electron chi connectivity index (χ2n) is 6.96. The van der Waals surface area contributed by atoms with Gasteiger partial charge in [-0.2, -0.15) is 5.10 Å². The molecule has 6 nitrogen and oxygen atoms in total. The molecule has 0 spiro atoms. The van der Waals surface area contributed by atoms with Crippen molar-refractivity contribution < 1.29 is 9.32 Å². The number of carbonyl (C=O) groups is 1. The number of aryl methyl sites for hydroxylation is 2. The number of carbonyl (C=O) groups excluding carboxylic acids is 1. The number of rotatable bonds is 3. The predicted molar refractivity (Wildman–Crippen MR) is 100 cm³/mol. The van der Waals surface area contributed by atoms with Crippen LogP contribution in [-0.2, 0) is 6.42 Å². The first-order chi connectivity index (χ1) is 13.2. The number of benzene rings is 1. The number of nitrogens with one attached hydrogen (secondary N) is 1. The van der Waals surface area contributed by atoms with Crippen molar-refractivity contribution in [2.24, 2.45) is 0 Å². The summed E-state index contributed by atoms with van der Waals surface area (Å²) in [5, 5.41) is 11.5. The lowest BCUT2D eigenvalue weighted by Crippen LogP contribution is -2.27. The van der Waals surface area contributed by atoms with Crippen molar-refractivity contribution >= 4 is 11.4 Å². The molecule has 0 fully saturated rings. The van der Waals surface area contributed by atoms with Crippen LogP contribution in [0.3, 0.4) is 0 Å². The third kappa shape index (κ3) is 2.70. The molecule has 1 N–H and O–H groups in total. The first-order valence-electron chi connectivity index (χ1n) is 8.97. The van der Waals surface area contributed by atoms with Gasteiger partial charge in [-0.25, -0.2) is 4.52 Å². The average molecular weight is 358 g/mol. The van der Waals surface area contributed by atoms with Crippen molar-refractivity contribution in [1.29, 1.82) is 0 Å². The lowest BCUT2D eigenvalue weighted by atomic mass is 10.0. The van der Waals surface area contributed by atoms with Gasteiger partial charge >= 0.3 is 0 Å². The quantitative estimate of drug-likeness (QED) is 0.606. The summed E-state index contributed by atoms with van der Waals surface area (Å²) in [6.45, 7) is 2.01. The summed E-state index contributed by atoms with van der Waals surface area (Å²) in [6.07, 6.45) is 6.90. The average Bonchev–Trinajstić information content (AvgIpc) is 3.41. The smallest absolute Gasteiger partial charge is 0.255 e. The van der Waals surface area contributed by atoms with E-state index in [1.165, 1.54) is 11.1 Å². The van der Waals surface area contributed by atoms with Crippen LogP contribution >= 0.6 is 0 Å². The standard InChI is InChI=1S/C21H18N4O2/c1-13-6-8-25-20(10-13)17(12-22-25)21(26)23-19-5-3-14-11-15(2-4-16(14)19)18-7-9-27-24-18/h2,4,6-12,19H,3,5H2,1H3,(H,23,26)/t19-/m1/s1. The SMILES string of the molecule is Cc1ccn2ncc(C(=O)N[C@@H]3CCc4cc(-c5ccon5)ccc43)c2c1. The lowest BCUT2D eigenvalue weighted by Gasteiger charge is -2.14. The Morgan fingerprint density at radius 2 is 2.19 bits per heavy atom. The Hall–Kier alpha value is -3.41. The number of amides is 1. The van der Waals surface area contributed by atoms with Crippen LogP contribution in [0.4, 0.5) is 0 Å². The molecule has 0 aliphatic heterocycles. The Balaban J connectivity index is 1.41. The van der Waals surface area contributed by atoms with E-state index in [-0.39, 0.29) is 11.9 Å². The first-order valence-corrected chi connectivity index (χ1v) is 8.97. The molecule has 0 saturated carbocycles. The maximum absolute atomic E-state index is 12.9. The molecule has 5 rings (SSSR count). The van der Waals surface area contributed by atoms with E-state index in [4.69, 9.17) is 4.52 Å². The van der Waals surface area contributed by atoms with Gasteiger partial charge in [-0.1, -0.05) is 17.3 Å². The Bertz CT molecular complexity index is 1140. The molecular weight excluding hydrogens is 340 g/mol. The van der Waals surface area contributed by atoms with Crippen LogP contribution in [0.1, 0.15) is 39.5 Å². The molecule has 0 bridgehead atoms. The zero-order chi connectivity index (χ0) is 18.4. The van der Waals surface area contributed by atoms with Crippen molar-refractivity contribution in [3.05, 3.63) is 77.3 Å². The molecule has 1 aromatic carbocycles. The molecule has 1 amide bonds. The van der Waals surface area contributed by atoms with Gasteiger partial charge in [0.25, 0.3) is 5.91 Å². The van der Waals surface area contributed by atoms with Gasteiger partial charge < -0.3 is 9.84 Å². The molecule has 4 aromatic rings. The number of pyridine rings is 1. The fraction of sp³-hybridized carbons (Fsp3) is 0.190. The monoisotopic (exact) mass is 358 g/mol. The Labute approximate surface area is 155 Å². The summed E-state index contributed by atoms with van der Waals surface area (Å²) in [4.78, 5) is 12.9. The minimum atomic E-state index is -0.0889. The number of fused-ring (bicyclic) bond motifs is 2. The van der Waals surface area contributed by atoms with Gasteiger partial charge in [0.05, 0.1) is 23.3 Å². The number of nitrogens with zero attached hydrogens (tertiary/aromatic N) is 3. The van der Waals surface area contributed by atoms with E-state index in [0.717, 1.165) is 35.2 Å². The van der Waals surface area contributed by atoms with Crippen LogP contribution in [0.25, 0.3) is 16.8 Å². The van der Waals surface area contributed by atoms with Gasteiger partial charge in [0.1, 0.15) is 12.0 Å². The molecule has 0 radical (unpaired) electrons. The molecule has 134 valence electrons. The second kappa shape index (κ2) is 6.09. The van der Waals surface area contributed by atoms with E-state index in [2.05, 4.69) is 27.7 Å². The Morgan fingerprint density at radius 3 is 3.04 bits per heavy atom. The topological polar surface area (TPSA) is 72.4 Å². The molecular formula is C21H18N4O2. The van der Waals surface area contributed by atoms with Crippen molar-refractivity contribution in [2.75, 3.05) is 0 Å². The molecule has 1 aliphatic carbocycles. The minimum Gasteiger partial charge on any atom is -0.364 e. The number of aromatic nitrogens is 3. The Morgan fingerprint density at radius 1 is 1.26 bits per heavy atom. The van der Waals surface area contributed by atoms with Crippen molar-refractivity contribution in [3.8, 4) is 11.3 Å². The summed E-state index contributed by atoms with van der Waals surface area (Å²) >= 11 is 0. The molecule has 3 aromatic heterocycles. The van der Waals surface area contributed by atoms with Crippen LogP contribution in [0.2, 0.25) is 0 Å². The maximum atomic E-state index is 12.9. The van der Waals surface area contributed by atoms with E-state index >= 15 is 0 Å². The van der Waals surface area contributed by atoms with Gasteiger partial charge in [0.15, 0.2) is 0 Å². The van der Waals surface area contributed by atoms with E-state index < -0.39 is 0 Å². The van der Waals surface area contributed by atoms with E-state index in [1.807, 2.05) is 37.4 Å². The number of hydrogen-bond donors (Lipinski definition) is 1. The van der Waals surface area contributed by atoms with Crippen LogP contribution in [0, 0.1) is 6.92 Å². The molecule has 0 unspecified atom stereocenters. The third-order valence-electron chi connectivity index (χ3n) is 5.18. The molecule has 3 heterocycles. The number of hydrogen-bond acceptors (Lipinski definition) is 4. The van der Waals surface area contributed by atoms with Crippen molar-refractivity contribution in [1.82, 2.24) is 20.1 Å². The summed E-state index contributed by atoms with van der Waals surface area (Å²) in [5.74, 6) is -0.0889. The highest BCUT2D eigenvalue weighted by atomic mass is 16.5. The van der Waals surface area contributed by atoms with Gasteiger partial charge in [0, 0.05) is 17.8 Å². The highest BCUT2D eigenvalue weighted by Gasteiger charge is 2.26. The van der Waals surface area contributed by atoms with Crippen LogP contribution in [0.5, 0.6) is 0 Å². The first kappa shape index (κ1) is 15.8. The lowest BCUT2D eigenvalue weighted by molar-refractivity contribution is 0.0938. The van der Waals surface area contributed by atoms with Crippen LogP contribution in [-0.4, -0.2) is 20.7 Å². The summed E-state index contributed by atoms with van der Waals surface area (Å²) in [6, 6.07) is 12.1. The fourth-order valence-electron chi connectivity index (χ4n) is 3.79. The van der Waals surface area contributed by atoms with Gasteiger partial charge in [-0.05, 0) is 54.7 Å². The molecule has 6 heteroatoms. The molecule has 27 heavy (non-hydrogen) atoms. The molecule has 0 saturated heterocycles. The van der Waals surface area contributed by atoms with Crippen molar-refractivity contribution in [2.45, 2.75) is 25.8 Å². The van der Waals surface area contributed by atoms with E-state index in [0.29, 0.717) is 5.56 Å². The Kier molecular flexibility index (Phi) is 3.57. The zero-order valence-electron chi connectivity index (χ0n) is 14.8. The largest absolute Gasteiger partial charge is 0.364 e. The molecule has 1 atom stereocenters. The second-order valence-corrected chi connectivity index (χ2v) is 6.96. The summed E-state index contributed by atoms with van der Waals surface area (Å²) in [7, 11) is 0. The maximum Gasteiger partial charge on any atom is 0.255 e. The van der Waals surface area contributed by atoms with E-state index in [9.17, 15) is 4.79 Å². The highest BCUT2D eigenvalue weighted by Crippen LogP contribution is 2.34. The normalized spacial score (nSPS) is 15.8. The van der Waals surface area contributed by atoms with Crippen molar-refractivity contribution in [3.63, 3.8) is 0 Å². The summed E-state index contributed by atoms with van der Waals surface area (Å²) < 4.78 is 6.66. The van der Waals surface area contributed by atoms with Gasteiger partial charge in [0.2, 0.25) is 0 Å². The van der Waals surface area contributed by atoms with Gasteiger partial charge in [-0.3, -0.25) is 4.79 Å². The predicted octanol–water partition coefficient (Wildman–Crippen LogP) is 3.72. The van der Waals surface area contributed by atoms with Crippen LogP contribution in [0.15, 0.2) is 59.6 Å². The highest BCUT2D eigenvalue weighted by molar-refractivity contribution is 6.00. The van der Waals surface area contributed by atoms with Crippen LogP contribution < -0.4 is 5.32 Å². The van der Waals surface area contributed by atoms with Gasteiger partial charge in [-0.15, -0.1) is 0 Å². The zero-order valence-corrected chi connectivity index (χ0v) is 14.8. The third-order valence-corrected chi connectivity index (χ3v) is 5.18. The van der Waals surface area contributed by atoms with E-state index in [1.54, 1.807) is 17.0 Å². The fourth-order valence-corrected chi connectivity index (χ4v) is 3.79. The summed E-state index contributed by atoms with van der Waals surface area (Å²) in [5.41, 5.74) is 6.81. The molecule has 1 aliphatic rings. The minimum absolute atomic E-state index is 0.0126.